The molecule has 0 bridgehead atoms. The SMILES string of the molecule is CCCNc1snnc1CN1CCCC(C)C1C. The fourth-order valence-corrected chi connectivity index (χ4v) is 3.12. The first-order chi connectivity index (χ1) is 8.72. The Labute approximate surface area is 114 Å². The molecule has 1 N–H and O–H groups in total. The van der Waals surface area contributed by atoms with E-state index in [1.165, 1.54) is 30.9 Å². The number of likely N-dealkylation sites (tertiary alicyclic amines) is 1. The molecule has 1 saturated heterocycles. The van der Waals surface area contributed by atoms with Gasteiger partial charge >= 0.3 is 0 Å². The molecule has 0 aliphatic carbocycles. The van der Waals surface area contributed by atoms with Crippen molar-refractivity contribution in [3.05, 3.63) is 5.69 Å². The van der Waals surface area contributed by atoms with E-state index >= 15 is 0 Å². The van der Waals surface area contributed by atoms with E-state index in [9.17, 15) is 0 Å². The number of anilines is 1. The summed E-state index contributed by atoms with van der Waals surface area (Å²) in [5, 5.41) is 8.87. The van der Waals surface area contributed by atoms with E-state index in [1.807, 2.05) is 0 Å². The monoisotopic (exact) mass is 268 g/mol. The van der Waals surface area contributed by atoms with Crippen LogP contribution in [-0.2, 0) is 6.54 Å². The molecule has 4 nitrogen and oxygen atoms in total. The Morgan fingerprint density at radius 2 is 2.28 bits per heavy atom. The Hall–Kier alpha value is -0.680. The van der Waals surface area contributed by atoms with Crippen LogP contribution in [0.4, 0.5) is 5.00 Å². The molecule has 0 spiro atoms. The van der Waals surface area contributed by atoms with Gasteiger partial charge in [-0.05, 0) is 38.6 Å². The number of hydrogen-bond donors (Lipinski definition) is 1. The molecule has 5 heteroatoms. The number of rotatable bonds is 5. The highest BCUT2D eigenvalue weighted by molar-refractivity contribution is 7.10. The highest BCUT2D eigenvalue weighted by Crippen LogP contribution is 2.26. The molecule has 0 aromatic carbocycles. The molecule has 2 rings (SSSR count). The summed E-state index contributed by atoms with van der Waals surface area (Å²) < 4.78 is 4.09. The summed E-state index contributed by atoms with van der Waals surface area (Å²) in [6.07, 6.45) is 3.79. The summed E-state index contributed by atoms with van der Waals surface area (Å²) in [5.74, 6) is 0.789. The van der Waals surface area contributed by atoms with Gasteiger partial charge in [-0.25, -0.2) is 0 Å². The first-order valence-corrected chi connectivity index (χ1v) is 7.78. The van der Waals surface area contributed by atoms with Gasteiger partial charge in [0.25, 0.3) is 0 Å². The van der Waals surface area contributed by atoms with Gasteiger partial charge in [0.1, 0.15) is 10.7 Å². The van der Waals surface area contributed by atoms with Crippen LogP contribution in [-0.4, -0.2) is 33.6 Å². The van der Waals surface area contributed by atoms with Gasteiger partial charge in [-0.15, -0.1) is 5.10 Å². The van der Waals surface area contributed by atoms with E-state index in [4.69, 9.17) is 0 Å². The third-order valence-corrected chi connectivity index (χ3v) is 4.67. The normalized spacial score (nSPS) is 25.3. The zero-order valence-corrected chi connectivity index (χ0v) is 12.5. The molecular weight excluding hydrogens is 244 g/mol. The molecule has 0 amide bonds. The molecule has 18 heavy (non-hydrogen) atoms. The van der Waals surface area contributed by atoms with Crippen LogP contribution in [0.3, 0.4) is 0 Å². The van der Waals surface area contributed by atoms with Crippen molar-refractivity contribution in [3.63, 3.8) is 0 Å². The van der Waals surface area contributed by atoms with Crippen LogP contribution in [0.25, 0.3) is 0 Å². The molecule has 2 unspecified atom stereocenters. The summed E-state index contributed by atoms with van der Waals surface area (Å²) in [7, 11) is 0. The Bertz CT molecular complexity index is 366. The molecule has 1 aliphatic rings. The van der Waals surface area contributed by atoms with Gasteiger partial charge in [-0.3, -0.25) is 4.90 Å². The smallest absolute Gasteiger partial charge is 0.134 e. The molecule has 1 aromatic rings. The zero-order valence-electron chi connectivity index (χ0n) is 11.6. The first-order valence-electron chi connectivity index (χ1n) is 7.01. The zero-order chi connectivity index (χ0) is 13.0. The molecule has 2 atom stereocenters. The second-order valence-electron chi connectivity index (χ2n) is 5.31. The number of aromatic nitrogens is 2. The van der Waals surface area contributed by atoms with Crippen molar-refractivity contribution in [1.82, 2.24) is 14.5 Å². The molecule has 0 saturated carbocycles. The molecule has 102 valence electrons. The van der Waals surface area contributed by atoms with E-state index < -0.39 is 0 Å². The largest absolute Gasteiger partial charge is 0.374 e. The number of nitrogens with one attached hydrogen (secondary N) is 1. The third kappa shape index (κ3) is 3.20. The quantitative estimate of drug-likeness (QED) is 0.891. The van der Waals surface area contributed by atoms with Gasteiger partial charge < -0.3 is 5.32 Å². The Balaban J connectivity index is 1.97. The maximum Gasteiger partial charge on any atom is 0.134 e. The van der Waals surface area contributed by atoms with E-state index in [1.54, 1.807) is 0 Å². The minimum atomic E-state index is 0.652. The first kappa shape index (κ1) is 13.7. The van der Waals surface area contributed by atoms with Crippen LogP contribution in [0.15, 0.2) is 0 Å². The molecule has 1 fully saturated rings. The van der Waals surface area contributed by atoms with E-state index in [-0.39, 0.29) is 0 Å². The highest BCUT2D eigenvalue weighted by atomic mass is 32.1. The van der Waals surface area contributed by atoms with Crippen LogP contribution < -0.4 is 5.32 Å². The summed E-state index contributed by atoms with van der Waals surface area (Å²) in [6.45, 7) is 10.00. The minimum absolute atomic E-state index is 0.652. The van der Waals surface area contributed by atoms with Crippen LogP contribution >= 0.6 is 11.5 Å². The third-order valence-electron chi connectivity index (χ3n) is 3.95. The van der Waals surface area contributed by atoms with Crippen LogP contribution in [0.1, 0.15) is 45.7 Å². The standard InChI is InChI=1S/C13H24N4S/c1-4-7-14-13-12(15-16-18-13)9-17-8-5-6-10(2)11(17)3/h10-11,14H,4-9H2,1-3H3. The van der Waals surface area contributed by atoms with E-state index in [2.05, 4.69) is 40.6 Å². The van der Waals surface area contributed by atoms with Gasteiger partial charge in [0.05, 0.1) is 0 Å². The van der Waals surface area contributed by atoms with Crippen molar-refractivity contribution in [1.29, 1.82) is 0 Å². The van der Waals surface area contributed by atoms with Crippen LogP contribution in [0.5, 0.6) is 0 Å². The average Bonchev–Trinajstić information content (AvgIpc) is 2.80. The highest BCUT2D eigenvalue weighted by Gasteiger charge is 2.25. The summed E-state index contributed by atoms with van der Waals surface area (Å²) in [6, 6.07) is 0.652. The molecule has 0 radical (unpaired) electrons. The average molecular weight is 268 g/mol. The lowest BCUT2D eigenvalue weighted by atomic mass is 9.92. The molecular formula is C13H24N4S. The predicted octanol–water partition coefficient (Wildman–Crippen LogP) is 2.98. The summed E-state index contributed by atoms with van der Waals surface area (Å²) in [4.78, 5) is 2.54. The van der Waals surface area contributed by atoms with Gasteiger partial charge in [0, 0.05) is 30.7 Å². The maximum atomic E-state index is 4.29. The van der Waals surface area contributed by atoms with Gasteiger partial charge in [0.2, 0.25) is 0 Å². The lowest BCUT2D eigenvalue weighted by Crippen LogP contribution is -2.41. The minimum Gasteiger partial charge on any atom is -0.374 e. The Morgan fingerprint density at radius 1 is 1.44 bits per heavy atom. The Kier molecular flexibility index (Phi) is 4.95. The predicted molar refractivity (Wildman–Crippen MR) is 77.0 cm³/mol. The van der Waals surface area contributed by atoms with Crippen LogP contribution in [0, 0.1) is 5.92 Å². The lowest BCUT2D eigenvalue weighted by molar-refractivity contribution is 0.105. The maximum absolute atomic E-state index is 4.29. The summed E-state index contributed by atoms with van der Waals surface area (Å²) >= 11 is 1.48. The number of hydrogen-bond acceptors (Lipinski definition) is 5. The lowest BCUT2D eigenvalue weighted by Gasteiger charge is -2.37. The van der Waals surface area contributed by atoms with Crippen LogP contribution in [0.2, 0.25) is 0 Å². The molecule has 1 aliphatic heterocycles. The summed E-state index contributed by atoms with van der Waals surface area (Å²) in [5.41, 5.74) is 1.12. The second kappa shape index (κ2) is 6.48. The Morgan fingerprint density at radius 3 is 3.06 bits per heavy atom. The van der Waals surface area contributed by atoms with Gasteiger partial charge in [-0.1, -0.05) is 18.3 Å². The van der Waals surface area contributed by atoms with E-state index in [0.717, 1.165) is 36.1 Å². The number of nitrogens with zero attached hydrogens (tertiary/aromatic N) is 3. The van der Waals surface area contributed by atoms with Crippen molar-refractivity contribution >= 4 is 16.5 Å². The van der Waals surface area contributed by atoms with Gasteiger partial charge in [-0.2, -0.15) is 0 Å². The fourth-order valence-electron chi connectivity index (χ4n) is 2.52. The molecule has 1 aromatic heterocycles. The van der Waals surface area contributed by atoms with Crippen molar-refractivity contribution in [2.24, 2.45) is 5.92 Å². The molecule has 2 heterocycles. The van der Waals surface area contributed by atoms with E-state index in [0.29, 0.717) is 6.04 Å². The van der Waals surface area contributed by atoms with Gasteiger partial charge in [0.15, 0.2) is 0 Å². The van der Waals surface area contributed by atoms with Crippen molar-refractivity contribution < 1.29 is 0 Å². The van der Waals surface area contributed by atoms with Crippen molar-refractivity contribution in [2.75, 3.05) is 18.4 Å². The topological polar surface area (TPSA) is 41.1 Å². The van der Waals surface area contributed by atoms with Crippen molar-refractivity contribution in [2.45, 2.75) is 52.6 Å². The second-order valence-corrected chi connectivity index (χ2v) is 6.06. The fraction of sp³-hybridized carbons (Fsp3) is 0.846. The van der Waals surface area contributed by atoms with Crippen molar-refractivity contribution in [3.8, 4) is 0 Å². The number of piperidine rings is 1.